The molecule has 0 bridgehead atoms. The lowest BCUT2D eigenvalue weighted by molar-refractivity contribution is 0.142. The quantitative estimate of drug-likeness (QED) is 0.469. The summed E-state index contributed by atoms with van der Waals surface area (Å²) in [7, 11) is 1.63. The Labute approximate surface area is 167 Å². The average molecular weight is 392 g/mol. The number of benzene rings is 1. The Morgan fingerprint density at radius 3 is 2.57 bits per heavy atom. The van der Waals surface area contributed by atoms with Crippen LogP contribution in [-0.2, 0) is 4.84 Å². The molecule has 0 saturated heterocycles. The molecule has 0 fully saturated rings. The van der Waals surface area contributed by atoms with E-state index in [1.807, 2.05) is 57.3 Å². The van der Waals surface area contributed by atoms with Crippen molar-refractivity contribution >= 4 is 28.1 Å². The first-order valence-electron chi connectivity index (χ1n) is 8.88. The summed E-state index contributed by atoms with van der Waals surface area (Å²) in [5, 5.41) is 12.8. The van der Waals surface area contributed by atoms with Crippen molar-refractivity contribution in [1.82, 2.24) is 25.1 Å². The number of aryl methyl sites for hydroxylation is 2. The van der Waals surface area contributed by atoms with E-state index in [1.54, 1.807) is 29.8 Å². The van der Waals surface area contributed by atoms with Gasteiger partial charge in [0.15, 0.2) is 5.82 Å². The second kappa shape index (κ2) is 7.57. The van der Waals surface area contributed by atoms with E-state index in [1.165, 1.54) is 0 Å². The van der Waals surface area contributed by atoms with Gasteiger partial charge in [0.2, 0.25) is 0 Å². The minimum atomic E-state index is -0.159. The molecule has 0 aliphatic carbocycles. The smallest absolute Gasteiger partial charge is 0.165 e. The number of anilines is 1. The highest BCUT2D eigenvalue weighted by atomic mass is 32.1. The Morgan fingerprint density at radius 2 is 1.89 bits per heavy atom. The fraction of sp³-hybridized carbons (Fsp3) is 0.250. The summed E-state index contributed by atoms with van der Waals surface area (Å²) >= 11 is 1.54. The van der Waals surface area contributed by atoms with Crippen LogP contribution in [0, 0.1) is 13.8 Å². The summed E-state index contributed by atoms with van der Waals surface area (Å²) in [4.78, 5) is 19.3. The van der Waals surface area contributed by atoms with Crippen molar-refractivity contribution in [3.05, 3.63) is 58.4 Å². The van der Waals surface area contributed by atoms with Crippen molar-refractivity contribution in [1.29, 1.82) is 0 Å². The molecule has 0 radical (unpaired) electrons. The van der Waals surface area contributed by atoms with Crippen molar-refractivity contribution in [3.8, 4) is 11.3 Å². The maximum Gasteiger partial charge on any atom is 0.165 e. The summed E-state index contributed by atoms with van der Waals surface area (Å²) in [6.45, 7) is 5.98. The van der Waals surface area contributed by atoms with Gasteiger partial charge in [-0.15, -0.1) is 10.2 Å². The first kappa shape index (κ1) is 18.4. The summed E-state index contributed by atoms with van der Waals surface area (Å²) in [6, 6.07) is 9.87. The molecule has 0 aliphatic rings. The molecule has 4 aromatic rings. The zero-order chi connectivity index (χ0) is 19.7. The molecule has 1 unspecified atom stereocenters. The molecule has 1 atom stereocenters. The zero-order valence-electron chi connectivity index (χ0n) is 16.1. The van der Waals surface area contributed by atoms with E-state index in [0.717, 1.165) is 37.7 Å². The van der Waals surface area contributed by atoms with E-state index in [9.17, 15) is 0 Å². The number of hydrogen-bond donors (Lipinski definition) is 0. The number of rotatable bonds is 5. The van der Waals surface area contributed by atoms with Crippen LogP contribution in [0.1, 0.15) is 28.5 Å². The summed E-state index contributed by atoms with van der Waals surface area (Å²) in [5.41, 5.74) is 3.75. The van der Waals surface area contributed by atoms with Gasteiger partial charge in [-0.1, -0.05) is 29.5 Å². The van der Waals surface area contributed by atoms with Gasteiger partial charge in [0.05, 0.1) is 23.7 Å². The molecule has 0 N–H and O–H groups in total. The Morgan fingerprint density at radius 1 is 1.04 bits per heavy atom. The van der Waals surface area contributed by atoms with Gasteiger partial charge in [-0.05, 0) is 38.5 Å². The molecular formula is C20H20N6OS. The van der Waals surface area contributed by atoms with E-state index in [0.29, 0.717) is 5.82 Å². The fourth-order valence-corrected chi connectivity index (χ4v) is 3.84. The predicted octanol–water partition coefficient (Wildman–Crippen LogP) is 4.29. The topological polar surface area (TPSA) is 76.9 Å². The van der Waals surface area contributed by atoms with E-state index < -0.39 is 0 Å². The van der Waals surface area contributed by atoms with E-state index >= 15 is 0 Å². The molecule has 8 heteroatoms. The highest BCUT2D eigenvalue weighted by molar-refractivity contribution is 7.11. The molecule has 28 heavy (non-hydrogen) atoms. The van der Waals surface area contributed by atoms with Gasteiger partial charge in [0.25, 0.3) is 0 Å². The van der Waals surface area contributed by atoms with Crippen LogP contribution in [0.4, 0.5) is 5.82 Å². The molecule has 3 aromatic heterocycles. The number of nitrogens with zero attached hydrogens (tertiary/aromatic N) is 6. The van der Waals surface area contributed by atoms with Gasteiger partial charge in [0, 0.05) is 11.8 Å². The Balaban J connectivity index is 1.89. The number of pyridine rings is 1. The summed E-state index contributed by atoms with van der Waals surface area (Å²) < 4.78 is 0. The first-order valence-corrected chi connectivity index (χ1v) is 9.70. The normalized spacial score (nSPS) is 12.3. The largest absolute Gasteiger partial charge is 0.275 e. The lowest BCUT2D eigenvalue weighted by Gasteiger charge is -2.27. The molecule has 142 valence electrons. The zero-order valence-corrected chi connectivity index (χ0v) is 16.9. The van der Waals surface area contributed by atoms with Gasteiger partial charge >= 0.3 is 0 Å². The van der Waals surface area contributed by atoms with Crippen molar-refractivity contribution in [3.63, 3.8) is 0 Å². The SMILES string of the molecule is CON(c1ncnc2cccc(-c3ccc(C)cn3)c12)C(C)c1nnc(C)s1. The first-order chi connectivity index (χ1) is 13.6. The third-order valence-corrected chi connectivity index (χ3v) is 5.50. The summed E-state index contributed by atoms with van der Waals surface area (Å²) in [5.74, 6) is 0.672. The maximum absolute atomic E-state index is 5.74. The predicted molar refractivity (Wildman–Crippen MR) is 110 cm³/mol. The molecule has 0 aliphatic heterocycles. The van der Waals surface area contributed by atoms with Crippen LogP contribution in [0.5, 0.6) is 0 Å². The van der Waals surface area contributed by atoms with Gasteiger partial charge in [0.1, 0.15) is 22.4 Å². The molecule has 1 aromatic carbocycles. The maximum atomic E-state index is 5.74. The molecule has 0 spiro atoms. The van der Waals surface area contributed by atoms with Crippen molar-refractivity contribution in [2.75, 3.05) is 12.2 Å². The van der Waals surface area contributed by atoms with Gasteiger partial charge in [-0.25, -0.2) is 15.0 Å². The third kappa shape index (κ3) is 3.32. The van der Waals surface area contributed by atoms with E-state index in [4.69, 9.17) is 4.84 Å². The minimum absolute atomic E-state index is 0.159. The number of hydrogen-bond acceptors (Lipinski definition) is 8. The molecular weight excluding hydrogens is 372 g/mol. The fourth-order valence-electron chi connectivity index (χ4n) is 3.11. The van der Waals surface area contributed by atoms with Crippen LogP contribution in [0.15, 0.2) is 42.9 Å². The minimum Gasteiger partial charge on any atom is -0.275 e. The highest BCUT2D eigenvalue weighted by Crippen LogP contribution is 2.36. The van der Waals surface area contributed by atoms with E-state index in [-0.39, 0.29) is 6.04 Å². The molecule has 3 heterocycles. The molecule has 0 amide bonds. The second-order valence-electron chi connectivity index (χ2n) is 6.46. The second-order valence-corrected chi connectivity index (χ2v) is 7.67. The Hall–Kier alpha value is -2.97. The van der Waals surface area contributed by atoms with Crippen molar-refractivity contribution < 1.29 is 4.84 Å². The van der Waals surface area contributed by atoms with Crippen LogP contribution in [0.3, 0.4) is 0 Å². The van der Waals surface area contributed by atoms with Crippen LogP contribution in [-0.4, -0.2) is 32.3 Å². The van der Waals surface area contributed by atoms with Crippen LogP contribution >= 0.6 is 11.3 Å². The van der Waals surface area contributed by atoms with Crippen LogP contribution < -0.4 is 5.06 Å². The van der Waals surface area contributed by atoms with Gasteiger partial charge < -0.3 is 0 Å². The lowest BCUT2D eigenvalue weighted by Crippen LogP contribution is -2.27. The Bertz CT molecular complexity index is 1110. The van der Waals surface area contributed by atoms with Crippen molar-refractivity contribution in [2.45, 2.75) is 26.8 Å². The number of hydroxylamine groups is 1. The molecule has 4 rings (SSSR count). The average Bonchev–Trinajstić information content (AvgIpc) is 3.15. The third-order valence-electron chi connectivity index (χ3n) is 4.49. The molecule has 0 saturated carbocycles. The van der Waals surface area contributed by atoms with Crippen LogP contribution in [0.25, 0.3) is 22.2 Å². The molecule has 7 nitrogen and oxygen atoms in total. The highest BCUT2D eigenvalue weighted by Gasteiger charge is 2.25. The summed E-state index contributed by atoms with van der Waals surface area (Å²) in [6.07, 6.45) is 3.41. The Kier molecular flexibility index (Phi) is 4.97. The van der Waals surface area contributed by atoms with Gasteiger partial charge in [-0.2, -0.15) is 0 Å². The van der Waals surface area contributed by atoms with E-state index in [2.05, 4.69) is 25.1 Å². The van der Waals surface area contributed by atoms with Crippen molar-refractivity contribution in [2.24, 2.45) is 0 Å². The lowest BCUT2D eigenvalue weighted by atomic mass is 10.0. The standard InChI is InChI=1S/C20H20N6OS/c1-12-8-9-16(21-10-12)15-6-5-7-17-18(15)19(23-11-22-17)26(27-4)13(2)20-25-24-14(3)28-20/h5-11,13H,1-4H3. The number of fused-ring (bicyclic) bond motifs is 1. The van der Waals surface area contributed by atoms with Gasteiger partial charge in [-0.3, -0.25) is 9.82 Å². The number of aromatic nitrogens is 5. The monoisotopic (exact) mass is 392 g/mol. The van der Waals surface area contributed by atoms with Crippen LogP contribution in [0.2, 0.25) is 0 Å².